The van der Waals surface area contributed by atoms with Crippen LogP contribution in [0.1, 0.15) is 19.4 Å². The first-order valence-corrected chi connectivity index (χ1v) is 9.65. The Morgan fingerprint density at radius 3 is 2.26 bits per heavy atom. The first kappa shape index (κ1) is 17.8. The van der Waals surface area contributed by atoms with Gasteiger partial charge in [-0.15, -0.1) is 0 Å². The van der Waals surface area contributed by atoms with Crippen molar-refractivity contribution in [1.29, 1.82) is 0 Å². The zero-order valence-electron chi connectivity index (χ0n) is 13.4. The van der Waals surface area contributed by atoms with Crippen LogP contribution >= 0.6 is 15.9 Å². The Labute approximate surface area is 146 Å². The van der Waals surface area contributed by atoms with Crippen LogP contribution in [-0.2, 0) is 10.0 Å². The first-order valence-electron chi connectivity index (χ1n) is 7.42. The van der Waals surface area contributed by atoms with E-state index in [1.54, 1.807) is 30.3 Å². The number of hydrogen-bond acceptors (Lipinski definition) is 3. The van der Waals surface area contributed by atoms with Crippen LogP contribution in [0.4, 0.5) is 5.69 Å². The van der Waals surface area contributed by atoms with Crippen LogP contribution in [0.2, 0.25) is 0 Å². The molecule has 124 valence electrons. The topological polar surface area (TPSA) is 46.6 Å². The van der Waals surface area contributed by atoms with E-state index < -0.39 is 10.0 Å². The van der Waals surface area contributed by atoms with Crippen LogP contribution in [0.3, 0.4) is 0 Å². The SMILES string of the molecule is CCOc1ccc(S(=O)(=O)N(CC)c2ccc(Br)c(C)c2)cc1. The Hall–Kier alpha value is -1.53. The van der Waals surface area contributed by atoms with Crippen molar-refractivity contribution >= 4 is 31.6 Å². The average molecular weight is 398 g/mol. The fraction of sp³-hybridized carbons (Fsp3) is 0.294. The second-order valence-corrected chi connectivity index (χ2v) is 7.72. The van der Waals surface area contributed by atoms with Gasteiger partial charge < -0.3 is 4.74 Å². The van der Waals surface area contributed by atoms with Gasteiger partial charge in [0.25, 0.3) is 10.0 Å². The molecule has 0 aliphatic heterocycles. The Balaban J connectivity index is 2.40. The van der Waals surface area contributed by atoms with Gasteiger partial charge >= 0.3 is 0 Å². The fourth-order valence-electron chi connectivity index (χ4n) is 2.28. The fourth-order valence-corrected chi connectivity index (χ4v) is 3.99. The van der Waals surface area contributed by atoms with Crippen LogP contribution in [0, 0.1) is 6.92 Å². The minimum atomic E-state index is -3.60. The molecule has 0 spiro atoms. The molecule has 2 aromatic rings. The molecule has 2 rings (SSSR count). The smallest absolute Gasteiger partial charge is 0.264 e. The summed E-state index contributed by atoms with van der Waals surface area (Å²) >= 11 is 3.44. The largest absolute Gasteiger partial charge is 0.494 e. The summed E-state index contributed by atoms with van der Waals surface area (Å²) in [7, 11) is -3.60. The Kier molecular flexibility index (Phi) is 5.70. The highest BCUT2D eigenvalue weighted by molar-refractivity contribution is 9.10. The van der Waals surface area contributed by atoms with Gasteiger partial charge in [-0.3, -0.25) is 4.31 Å². The number of nitrogens with zero attached hydrogens (tertiary/aromatic N) is 1. The molecule has 0 saturated carbocycles. The second kappa shape index (κ2) is 7.36. The number of halogens is 1. The van der Waals surface area contributed by atoms with Crippen molar-refractivity contribution in [3.8, 4) is 5.75 Å². The van der Waals surface area contributed by atoms with E-state index in [1.807, 2.05) is 32.9 Å². The van der Waals surface area contributed by atoms with Gasteiger partial charge in [0.2, 0.25) is 0 Å². The van der Waals surface area contributed by atoms with Gasteiger partial charge in [-0.05, 0) is 68.8 Å². The van der Waals surface area contributed by atoms with Crippen molar-refractivity contribution in [2.24, 2.45) is 0 Å². The molecular formula is C17H20BrNO3S. The molecule has 0 heterocycles. The van der Waals surface area contributed by atoms with Crippen LogP contribution in [0.25, 0.3) is 0 Å². The minimum Gasteiger partial charge on any atom is -0.494 e. The predicted octanol–water partition coefficient (Wildman–Crippen LogP) is 4.37. The van der Waals surface area contributed by atoms with Gasteiger partial charge in [0.15, 0.2) is 0 Å². The summed E-state index contributed by atoms with van der Waals surface area (Å²) in [5.41, 5.74) is 1.64. The molecular weight excluding hydrogens is 378 g/mol. The number of aryl methyl sites for hydroxylation is 1. The molecule has 0 radical (unpaired) electrons. The van der Waals surface area contributed by atoms with Gasteiger partial charge in [-0.25, -0.2) is 8.42 Å². The average Bonchev–Trinajstić information content (AvgIpc) is 2.52. The molecule has 0 saturated heterocycles. The molecule has 0 bridgehead atoms. The van der Waals surface area contributed by atoms with Crippen molar-refractivity contribution in [1.82, 2.24) is 0 Å². The number of ether oxygens (including phenoxy) is 1. The quantitative estimate of drug-likeness (QED) is 0.726. The zero-order chi connectivity index (χ0) is 17.0. The van der Waals surface area contributed by atoms with E-state index in [0.717, 1.165) is 10.0 Å². The van der Waals surface area contributed by atoms with Gasteiger partial charge in [0.05, 0.1) is 17.2 Å². The van der Waals surface area contributed by atoms with Crippen LogP contribution in [-0.4, -0.2) is 21.6 Å². The maximum absolute atomic E-state index is 12.9. The monoisotopic (exact) mass is 397 g/mol. The van der Waals surface area contributed by atoms with Crippen molar-refractivity contribution < 1.29 is 13.2 Å². The Bertz CT molecular complexity index is 773. The summed E-state index contributed by atoms with van der Waals surface area (Å²) in [6.07, 6.45) is 0. The van der Waals surface area contributed by atoms with Crippen molar-refractivity contribution in [2.45, 2.75) is 25.7 Å². The predicted molar refractivity (Wildman–Crippen MR) is 96.7 cm³/mol. The third-order valence-corrected chi connectivity index (χ3v) is 6.25. The van der Waals surface area contributed by atoms with Crippen molar-refractivity contribution in [3.63, 3.8) is 0 Å². The standard InChI is InChI=1S/C17H20BrNO3S/c1-4-19(14-6-11-17(18)13(3)12-14)23(20,21)16-9-7-15(8-10-16)22-5-2/h6-12H,4-5H2,1-3H3. The third kappa shape index (κ3) is 3.87. The molecule has 0 aliphatic rings. The summed E-state index contributed by atoms with van der Waals surface area (Å²) < 4.78 is 33.5. The molecule has 0 aliphatic carbocycles. The summed E-state index contributed by atoms with van der Waals surface area (Å²) in [6, 6.07) is 12.0. The van der Waals surface area contributed by atoms with Crippen LogP contribution in [0.15, 0.2) is 51.8 Å². The number of rotatable bonds is 6. The molecule has 4 nitrogen and oxygen atoms in total. The maximum atomic E-state index is 12.9. The summed E-state index contributed by atoms with van der Waals surface area (Å²) in [4.78, 5) is 0.253. The lowest BCUT2D eigenvalue weighted by Gasteiger charge is -2.23. The lowest BCUT2D eigenvalue weighted by Crippen LogP contribution is -2.30. The van der Waals surface area contributed by atoms with Crippen LogP contribution in [0.5, 0.6) is 5.75 Å². The zero-order valence-corrected chi connectivity index (χ0v) is 15.8. The number of anilines is 1. The van der Waals surface area contributed by atoms with Gasteiger partial charge in [0, 0.05) is 11.0 Å². The van der Waals surface area contributed by atoms with E-state index >= 15 is 0 Å². The molecule has 0 amide bonds. The minimum absolute atomic E-state index is 0.253. The highest BCUT2D eigenvalue weighted by atomic mass is 79.9. The van der Waals surface area contributed by atoms with Gasteiger partial charge in [0.1, 0.15) is 5.75 Å². The second-order valence-electron chi connectivity index (χ2n) is 5.01. The van der Waals surface area contributed by atoms with E-state index in [4.69, 9.17) is 4.74 Å². The van der Waals surface area contributed by atoms with Gasteiger partial charge in [-0.1, -0.05) is 15.9 Å². The van der Waals surface area contributed by atoms with Crippen molar-refractivity contribution in [3.05, 3.63) is 52.5 Å². The molecule has 23 heavy (non-hydrogen) atoms. The lowest BCUT2D eigenvalue weighted by atomic mass is 10.2. The van der Waals surface area contributed by atoms with Crippen molar-refractivity contribution in [2.75, 3.05) is 17.5 Å². The van der Waals surface area contributed by atoms with Gasteiger partial charge in [-0.2, -0.15) is 0 Å². The van der Waals surface area contributed by atoms with E-state index in [9.17, 15) is 8.42 Å². The first-order chi connectivity index (χ1) is 10.9. The van der Waals surface area contributed by atoms with E-state index in [2.05, 4.69) is 15.9 Å². The maximum Gasteiger partial charge on any atom is 0.264 e. The summed E-state index contributed by atoms with van der Waals surface area (Å²) in [5, 5.41) is 0. The lowest BCUT2D eigenvalue weighted by molar-refractivity contribution is 0.340. The van der Waals surface area contributed by atoms with E-state index in [1.165, 1.54) is 4.31 Å². The molecule has 0 unspecified atom stereocenters. The Morgan fingerprint density at radius 2 is 1.74 bits per heavy atom. The Morgan fingerprint density at radius 1 is 1.09 bits per heavy atom. The summed E-state index contributed by atoms with van der Waals surface area (Å²) in [6.45, 7) is 6.55. The highest BCUT2D eigenvalue weighted by Crippen LogP contribution is 2.28. The molecule has 0 N–H and O–H groups in total. The van der Waals surface area contributed by atoms with E-state index in [0.29, 0.717) is 24.6 Å². The third-order valence-electron chi connectivity index (χ3n) is 3.44. The number of benzene rings is 2. The van der Waals surface area contributed by atoms with E-state index in [-0.39, 0.29) is 4.90 Å². The normalized spacial score (nSPS) is 11.3. The molecule has 0 atom stereocenters. The number of hydrogen-bond donors (Lipinski definition) is 0. The molecule has 6 heteroatoms. The van der Waals surface area contributed by atoms with Crippen LogP contribution < -0.4 is 9.04 Å². The molecule has 2 aromatic carbocycles. The number of sulfonamides is 1. The summed E-state index contributed by atoms with van der Waals surface area (Å²) in [5.74, 6) is 0.661. The highest BCUT2D eigenvalue weighted by Gasteiger charge is 2.23. The molecule has 0 aromatic heterocycles. The molecule has 0 fully saturated rings.